The summed E-state index contributed by atoms with van der Waals surface area (Å²) in [6.45, 7) is 7.26. The summed E-state index contributed by atoms with van der Waals surface area (Å²) in [5.74, 6) is 3.53. The summed E-state index contributed by atoms with van der Waals surface area (Å²) in [5.41, 5.74) is 0.912. The first-order valence-corrected chi connectivity index (χ1v) is 8.48. The molecule has 0 fully saturated rings. The van der Waals surface area contributed by atoms with Crippen LogP contribution in [0, 0.1) is 0 Å². The number of nitrogens with zero attached hydrogens (tertiary/aromatic N) is 2. The molecular weight excluding hydrogens is 459 g/mol. The van der Waals surface area contributed by atoms with Crippen LogP contribution in [0.25, 0.3) is 0 Å². The molecule has 0 aliphatic rings. The van der Waals surface area contributed by atoms with E-state index in [0.29, 0.717) is 36.4 Å². The molecule has 8 heteroatoms. The lowest BCUT2D eigenvalue weighted by Gasteiger charge is -2.15. The maximum Gasteiger partial charge on any atom is 0.213 e. The first kappa shape index (κ1) is 23.1. The second kappa shape index (κ2) is 10.4. The van der Waals surface area contributed by atoms with E-state index in [1.807, 2.05) is 18.2 Å². The molecule has 27 heavy (non-hydrogen) atoms. The quantitative estimate of drug-likeness (QED) is 0.368. The van der Waals surface area contributed by atoms with Crippen LogP contribution in [-0.2, 0) is 18.5 Å². The number of para-hydroxylation sites is 1. The van der Waals surface area contributed by atoms with Gasteiger partial charge in [-0.3, -0.25) is 4.99 Å². The number of benzene rings is 1. The van der Waals surface area contributed by atoms with Crippen molar-refractivity contribution in [1.82, 2.24) is 15.6 Å². The molecule has 0 atom stereocenters. The number of methoxy groups -OCH3 is 2. The van der Waals surface area contributed by atoms with Gasteiger partial charge in [-0.05, 0) is 6.07 Å². The fourth-order valence-corrected chi connectivity index (χ4v) is 2.39. The number of hydrogen-bond acceptors (Lipinski definition) is 5. The van der Waals surface area contributed by atoms with E-state index < -0.39 is 0 Å². The van der Waals surface area contributed by atoms with Gasteiger partial charge in [-0.2, -0.15) is 0 Å². The van der Waals surface area contributed by atoms with Crippen molar-refractivity contribution in [3.05, 3.63) is 41.6 Å². The van der Waals surface area contributed by atoms with E-state index in [-0.39, 0.29) is 29.4 Å². The van der Waals surface area contributed by atoms with Crippen LogP contribution in [0.5, 0.6) is 11.5 Å². The summed E-state index contributed by atoms with van der Waals surface area (Å²) in [7, 11) is 4.97. The Balaban J connectivity index is 0.00000364. The molecule has 1 aromatic heterocycles. The monoisotopic (exact) mass is 488 g/mol. The van der Waals surface area contributed by atoms with Gasteiger partial charge in [-0.15, -0.1) is 24.0 Å². The van der Waals surface area contributed by atoms with Crippen LogP contribution in [0.2, 0.25) is 0 Å². The van der Waals surface area contributed by atoms with Gasteiger partial charge in [0, 0.05) is 24.6 Å². The summed E-state index contributed by atoms with van der Waals surface area (Å²) in [6, 6.07) is 5.77. The number of hydrogen-bond donors (Lipinski definition) is 2. The highest BCUT2D eigenvalue weighted by Crippen LogP contribution is 2.30. The lowest BCUT2D eigenvalue weighted by Crippen LogP contribution is -2.36. The molecule has 0 unspecified atom stereocenters. The fourth-order valence-electron chi connectivity index (χ4n) is 2.39. The van der Waals surface area contributed by atoms with Gasteiger partial charge in [0.15, 0.2) is 17.5 Å². The number of aromatic nitrogens is 1. The van der Waals surface area contributed by atoms with Gasteiger partial charge in [0.25, 0.3) is 0 Å². The summed E-state index contributed by atoms with van der Waals surface area (Å²) >= 11 is 0. The van der Waals surface area contributed by atoms with Crippen LogP contribution in [0.3, 0.4) is 0 Å². The number of nitrogens with one attached hydrogen (secondary N) is 2. The Bertz CT molecular complexity index is 754. The molecule has 0 saturated heterocycles. The van der Waals surface area contributed by atoms with Gasteiger partial charge < -0.3 is 24.5 Å². The van der Waals surface area contributed by atoms with Gasteiger partial charge in [-0.25, -0.2) is 4.98 Å². The van der Waals surface area contributed by atoms with Crippen molar-refractivity contribution in [1.29, 1.82) is 0 Å². The molecular formula is C19H29IN4O3. The normalized spacial score (nSPS) is 11.6. The van der Waals surface area contributed by atoms with Gasteiger partial charge in [0.1, 0.15) is 5.76 Å². The molecule has 1 heterocycles. The van der Waals surface area contributed by atoms with E-state index in [2.05, 4.69) is 41.4 Å². The maximum atomic E-state index is 5.78. The Kier molecular flexibility index (Phi) is 8.87. The first-order valence-electron chi connectivity index (χ1n) is 8.48. The van der Waals surface area contributed by atoms with E-state index >= 15 is 0 Å². The molecule has 0 bridgehead atoms. The second-order valence-electron chi connectivity index (χ2n) is 6.80. The number of ether oxygens (including phenoxy) is 2. The minimum Gasteiger partial charge on any atom is -0.493 e. The Morgan fingerprint density at radius 3 is 2.41 bits per heavy atom. The largest absolute Gasteiger partial charge is 0.493 e. The molecule has 0 radical (unpaired) electrons. The summed E-state index contributed by atoms with van der Waals surface area (Å²) < 4.78 is 16.6. The van der Waals surface area contributed by atoms with Crippen molar-refractivity contribution in [2.24, 2.45) is 4.99 Å². The molecule has 1 aromatic carbocycles. The number of halogens is 1. The molecule has 2 N–H and O–H groups in total. The van der Waals surface area contributed by atoms with Gasteiger partial charge in [-0.1, -0.05) is 32.9 Å². The van der Waals surface area contributed by atoms with Crippen molar-refractivity contribution >= 4 is 29.9 Å². The number of guanidine groups is 1. The third-order valence-corrected chi connectivity index (χ3v) is 3.85. The molecule has 150 valence electrons. The van der Waals surface area contributed by atoms with Gasteiger partial charge in [0.2, 0.25) is 5.89 Å². The highest BCUT2D eigenvalue weighted by molar-refractivity contribution is 14.0. The van der Waals surface area contributed by atoms with E-state index in [4.69, 9.17) is 13.9 Å². The zero-order valence-electron chi connectivity index (χ0n) is 16.8. The van der Waals surface area contributed by atoms with E-state index in [1.54, 1.807) is 27.5 Å². The average Bonchev–Trinajstić information content (AvgIpc) is 3.10. The molecule has 0 amide bonds. The number of rotatable bonds is 6. The van der Waals surface area contributed by atoms with Crippen molar-refractivity contribution in [3.63, 3.8) is 0 Å². The minimum atomic E-state index is -0.0614. The highest BCUT2D eigenvalue weighted by Gasteiger charge is 2.19. The third kappa shape index (κ3) is 6.30. The topological polar surface area (TPSA) is 80.9 Å². The van der Waals surface area contributed by atoms with Crippen LogP contribution in [-0.4, -0.2) is 32.2 Å². The average molecular weight is 488 g/mol. The Morgan fingerprint density at radius 2 is 1.85 bits per heavy atom. The molecule has 0 aliphatic carbocycles. The van der Waals surface area contributed by atoms with Crippen molar-refractivity contribution < 1.29 is 13.9 Å². The minimum absolute atomic E-state index is 0. The van der Waals surface area contributed by atoms with Crippen LogP contribution in [0.4, 0.5) is 0 Å². The molecule has 0 saturated carbocycles. The van der Waals surface area contributed by atoms with Crippen molar-refractivity contribution in [3.8, 4) is 11.5 Å². The lowest BCUT2D eigenvalue weighted by atomic mass is 9.94. The smallest absolute Gasteiger partial charge is 0.213 e. The molecule has 7 nitrogen and oxygen atoms in total. The lowest BCUT2D eigenvalue weighted by molar-refractivity contribution is 0.351. The molecule has 0 spiro atoms. The van der Waals surface area contributed by atoms with Crippen LogP contribution < -0.4 is 20.1 Å². The number of aliphatic imine (C=N–C) groups is 1. The van der Waals surface area contributed by atoms with Crippen molar-refractivity contribution in [2.45, 2.75) is 39.3 Å². The second-order valence-corrected chi connectivity index (χ2v) is 6.80. The maximum absolute atomic E-state index is 5.78. The zero-order valence-corrected chi connectivity index (χ0v) is 19.1. The SMILES string of the molecule is CN=C(NCc1ncc(C(C)(C)C)o1)NCc1cccc(OC)c1OC.I. The van der Waals surface area contributed by atoms with E-state index in [1.165, 1.54) is 0 Å². The first-order chi connectivity index (χ1) is 12.4. The van der Waals surface area contributed by atoms with Gasteiger partial charge >= 0.3 is 0 Å². The fraction of sp³-hybridized carbons (Fsp3) is 0.474. The van der Waals surface area contributed by atoms with E-state index in [0.717, 1.165) is 11.3 Å². The molecule has 0 aliphatic heterocycles. The standard InChI is InChI=1S/C19H28N4O3.HI/c1-19(2,3)15-11-21-16(26-15)12-23-18(20-4)22-10-13-8-7-9-14(24-5)17(13)25-6;/h7-9,11H,10,12H2,1-6H3,(H2,20,22,23);1H. The van der Waals surface area contributed by atoms with Crippen LogP contribution in [0.15, 0.2) is 33.8 Å². The summed E-state index contributed by atoms with van der Waals surface area (Å²) in [6.07, 6.45) is 1.77. The van der Waals surface area contributed by atoms with Crippen molar-refractivity contribution in [2.75, 3.05) is 21.3 Å². The number of oxazole rings is 1. The molecule has 2 rings (SSSR count). The van der Waals surface area contributed by atoms with E-state index in [9.17, 15) is 0 Å². The Labute approximate surface area is 178 Å². The highest BCUT2D eigenvalue weighted by atomic mass is 127. The van der Waals surface area contributed by atoms with Crippen LogP contribution >= 0.6 is 24.0 Å². The third-order valence-electron chi connectivity index (χ3n) is 3.85. The van der Waals surface area contributed by atoms with Gasteiger partial charge in [0.05, 0.1) is 27.0 Å². The zero-order chi connectivity index (χ0) is 19.2. The molecule has 2 aromatic rings. The Morgan fingerprint density at radius 1 is 1.15 bits per heavy atom. The predicted molar refractivity (Wildman–Crippen MR) is 117 cm³/mol. The summed E-state index contributed by atoms with van der Waals surface area (Å²) in [4.78, 5) is 8.53. The van der Waals surface area contributed by atoms with Crippen LogP contribution in [0.1, 0.15) is 38.0 Å². The predicted octanol–water partition coefficient (Wildman–Crippen LogP) is 3.47. The Hall–Kier alpha value is -1.97. The summed E-state index contributed by atoms with van der Waals surface area (Å²) in [5, 5.41) is 6.45.